The normalized spacial score (nSPS) is 24.2. The largest absolute Gasteiger partial charge is 0.378 e. The Hall–Kier alpha value is -2.12. The molecule has 4 rings (SSSR count). The molecule has 0 saturated heterocycles. The van der Waals surface area contributed by atoms with Crippen molar-refractivity contribution in [3.8, 4) is 0 Å². The molecule has 0 N–H and O–H groups in total. The van der Waals surface area contributed by atoms with E-state index in [1.165, 1.54) is 4.31 Å². The molecular weight excluding hydrogens is 376 g/mol. The van der Waals surface area contributed by atoms with E-state index in [4.69, 9.17) is 4.74 Å². The number of hydrogen-bond acceptors (Lipinski definition) is 4. The van der Waals surface area contributed by atoms with Gasteiger partial charge in [0.15, 0.2) is 0 Å². The van der Waals surface area contributed by atoms with Crippen LogP contribution in [0.15, 0.2) is 41.3 Å². The molecule has 0 unspecified atom stereocenters. The van der Waals surface area contributed by atoms with E-state index in [0.717, 1.165) is 11.8 Å². The van der Waals surface area contributed by atoms with Gasteiger partial charge in [-0.25, -0.2) is 8.42 Å². The summed E-state index contributed by atoms with van der Waals surface area (Å²) in [5, 5.41) is 1.56. The molecule has 0 spiro atoms. The molecule has 1 heterocycles. The molecule has 7 heteroatoms. The Kier molecular flexibility index (Phi) is 4.43. The fraction of sp³-hybridized carbons (Fsp3) is 0.476. The predicted octanol–water partition coefficient (Wildman–Crippen LogP) is 3.01. The van der Waals surface area contributed by atoms with Gasteiger partial charge in [0.25, 0.3) is 10.0 Å². The van der Waals surface area contributed by atoms with Gasteiger partial charge in [0.05, 0.1) is 16.7 Å². The second kappa shape index (κ2) is 6.46. The van der Waals surface area contributed by atoms with Gasteiger partial charge in [-0.3, -0.25) is 9.10 Å². The number of likely N-dealkylation sites (N-methyl/N-ethyl adjacent to an activating group) is 1. The van der Waals surface area contributed by atoms with E-state index >= 15 is 0 Å². The smallest absolute Gasteiger partial charge is 0.265 e. The molecular formula is C21H26N2O4S. The number of sulfonamides is 1. The van der Waals surface area contributed by atoms with Crippen molar-refractivity contribution in [2.75, 3.05) is 24.5 Å². The standard InChI is InChI=1S/C21H26N2O4S/c1-5-27-18-12-17(21(18,2)3)22(4)19(24)13-23-15-10-6-8-14-9-7-11-16(20(14)15)28(23,25)26/h6-11,17-18H,5,12-13H2,1-4H3/t17-,18-/m0/s1. The topological polar surface area (TPSA) is 66.9 Å². The van der Waals surface area contributed by atoms with Crippen molar-refractivity contribution in [3.63, 3.8) is 0 Å². The highest BCUT2D eigenvalue weighted by Crippen LogP contribution is 2.46. The number of amides is 1. The number of carbonyl (C=O) groups excluding carboxylic acids is 1. The number of benzene rings is 2. The van der Waals surface area contributed by atoms with E-state index in [9.17, 15) is 13.2 Å². The van der Waals surface area contributed by atoms with Crippen LogP contribution < -0.4 is 4.31 Å². The first kappa shape index (κ1) is 19.2. The average molecular weight is 403 g/mol. The van der Waals surface area contributed by atoms with Gasteiger partial charge in [-0.2, -0.15) is 0 Å². The number of rotatable bonds is 5. The van der Waals surface area contributed by atoms with Crippen LogP contribution in [-0.2, 0) is 19.6 Å². The fourth-order valence-electron chi connectivity index (χ4n) is 4.54. The summed E-state index contributed by atoms with van der Waals surface area (Å²) in [7, 11) is -1.97. The molecule has 0 radical (unpaired) electrons. The molecule has 2 aromatic carbocycles. The minimum atomic E-state index is -3.73. The number of nitrogens with zero attached hydrogens (tertiary/aromatic N) is 2. The summed E-state index contributed by atoms with van der Waals surface area (Å²) < 4.78 is 33.2. The molecule has 1 fully saturated rings. The van der Waals surface area contributed by atoms with Gasteiger partial charge in [-0.15, -0.1) is 0 Å². The van der Waals surface area contributed by atoms with E-state index in [1.807, 2.05) is 25.1 Å². The van der Waals surface area contributed by atoms with Gasteiger partial charge in [-0.05, 0) is 30.9 Å². The maximum atomic E-state index is 13.1. The van der Waals surface area contributed by atoms with Crippen LogP contribution in [0.2, 0.25) is 0 Å². The highest BCUT2D eigenvalue weighted by molar-refractivity contribution is 7.93. The average Bonchev–Trinajstić information content (AvgIpc) is 2.87. The Bertz CT molecular complexity index is 1040. The summed E-state index contributed by atoms with van der Waals surface area (Å²) in [5.74, 6) is -0.207. The quantitative estimate of drug-likeness (QED) is 0.771. The van der Waals surface area contributed by atoms with Gasteiger partial charge in [0.1, 0.15) is 6.54 Å². The SMILES string of the molecule is CCO[C@H]1C[C@H](N(C)C(=O)CN2c3cccc4cccc(c34)S2(=O)=O)C1(C)C. The van der Waals surface area contributed by atoms with Crippen LogP contribution in [0.5, 0.6) is 0 Å². The van der Waals surface area contributed by atoms with Crippen LogP contribution in [0, 0.1) is 5.41 Å². The Morgan fingerprint density at radius 3 is 2.57 bits per heavy atom. The first-order valence-electron chi connectivity index (χ1n) is 9.61. The molecule has 2 aromatic rings. The van der Waals surface area contributed by atoms with Gasteiger partial charge < -0.3 is 9.64 Å². The van der Waals surface area contributed by atoms with Crippen molar-refractivity contribution in [1.29, 1.82) is 0 Å². The molecule has 1 saturated carbocycles. The van der Waals surface area contributed by atoms with Gasteiger partial charge in [-0.1, -0.05) is 38.1 Å². The molecule has 150 valence electrons. The Morgan fingerprint density at radius 2 is 1.93 bits per heavy atom. The third-order valence-electron chi connectivity index (χ3n) is 6.31. The van der Waals surface area contributed by atoms with Crippen molar-refractivity contribution in [1.82, 2.24) is 4.90 Å². The Morgan fingerprint density at radius 1 is 1.25 bits per heavy atom. The van der Waals surface area contributed by atoms with Crippen molar-refractivity contribution in [3.05, 3.63) is 36.4 Å². The molecule has 0 aromatic heterocycles. The maximum absolute atomic E-state index is 13.1. The zero-order valence-electron chi connectivity index (χ0n) is 16.7. The molecule has 1 amide bonds. The summed E-state index contributed by atoms with van der Waals surface area (Å²) in [5.41, 5.74) is 0.419. The van der Waals surface area contributed by atoms with Crippen molar-refractivity contribution in [2.24, 2.45) is 5.41 Å². The first-order chi connectivity index (χ1) is 13.2. The molecule has 0 bridgehead atoms. The van der Waals surface area contributed by atoms with Gasteiger partial charge in [0, 0.05) is 30.5 Å². The van der Waals surface area contributed by atoms with Crippen LogP contribution in [-0.4, -0.2) is 51.6 Å². The lowest BCUT2D eigenvalue weighted by atomic mass is 9.64. The van der Waals surface area contributed by atoms with E-state index in [1.54, 1.807) is 30.1 Å². The summed E-state index contributed by atoms with van der Waals surface area (Å²) in [6.45, 7) is 6.60. The maximum Gasteiger partial charge on any atom is 0.265 e. The van der Waals surface area contributed by atoms with E-state index < -0.39 is 10.0 Å². The molecule has 28 heavy (non-hydrogen) atoms. The van der Waals surface area contributed by atoms with Crippen LogP contribution in [0.3, 0.4) is 0 Å². The third-order valence-corrected chi connectivity index (χ3v) is 8.12. The third kappa shape index (κ3) is 2.63. The minimum Gasteiger partial charge on any atom is -0.378 e. The molecule has 2 atom stereocenters. The highest BCUT2D eigenvalue weighted by Gasteiger charge is 2.52. The van der Waals surface area contributed by atoms with Gasteiger partial charge in [0.2, 0.25) is 5.91 Å². The molecule has 1 aliphatic carbocycles. The monoisotopic (exact) mass is 402 g/mol. The lowest BCUT2D eigenvalue weighted by molar-refractivity contribution is -0.162. The van der Waals surface area contributed by atoms with Crippen molar-refractivity contribution >= 4 is 32.4 Å². The molecule has 1 aliphatic heterocycles. The number of carbonyl (C=O) groups is 1. The van der Waals surface area contributed by atoms with Crippen molar-refractivity contribution < 1.29 is 17.9 Å². The number of ether oxygens (including phenoxy) is 1. The van der Waals surface area contributed by atoms with E-state index in [0.29, 0.717) is 17.7 Å². The fourth-order valence-corrected chi connectivity index (χ4v) is 6.20. The summed E-state index contributed by atoms with van der Waals surface area (Å²) in [6.07, 6.45) is 0.886. The summed E-state index contributed by atoms with van der Waals surface area (Å²) in [4.78, 5) is 15.0. The summed E-state index contributed by atoms with van der Waals surface area (Å²) in [6, 6.07) is 10.7. The van der Waals surface area contributed by atoms with E-state index in [2.05, 4.69) is 13.8 Å². The van der Waals surface area contributed by atoms with Crippen LogP contribution in [0.4, 0.5) is 5.69 Å². The van der Waals surface area contributed by atoms with Gasteiger partial charge >= 0.3 is 0 Å². The number of anilines is 1. The highest BCUT2D eigenvalue weighted by atomic mass is 32.2. The molecule has 6 nitrogen and oxygen atoms in total. The van der Waals surface area contributed by atoms with Crippen LogP contribution in [0.1, 0.15) is 27.2 Å². The number of hydrogen-bond donors (Lipinski definition) is 0. The lowest BCUT2D eigenvalue weighted by Gasteiger charge is -2.54. The first-order valence-corrected chi connectivity index (χ1v) is 11.0. The predicted molar refractivity (Wildman–Crippen MR) is 109 cm³/mol. The Labute approximate surface area is 166 Å². The van der Waals surface area contributed by atoms with E-state index in [-0.39, 0.29) is 34.9 Å². The summed E-state index contributed by atoms with van der Waals surface area (Å²) >= 11 is 0. The lowest BCUT2D eigenvalue weighted by Crippen LogP contribution is -2.63. The van der Waals surface area contributed by atoms with Crippen molar-refractivity contribution in [2.45, 2.75) is 44.2 Å². The minimum absolute atomic E-state index is 0.0278. The Balaban J connectivity index is 1.59. The molecule has 2 aliphatic rings. The zero-order valence-corrected chi connectivity index (χ0v) is 17.5. The van der Waals surface area contributed by atoms with Crippen LogP contribution >= 0.6 is 0 Å². The second-order valence-corrected chi connectivity index (χ2v) is 10.00. The second-order valence-electron chi connectivity index (χ2n) is 8.16. The van der Waals surface area contributed by atoms with Crippen LogP contribution in [0.25, 0.3) is 10.8 Å². The zero-order chi connectivity index (χ0) is 20.3.